The van der Waals surface area contributed by atoms with E-state index in [1.165, 1.54) is 43.7 Å². The quantitative estimate of drug-likeness (QED) is 0.802. The average Bonchev–Trinajstić information content (AvgIpc) is 2.30. The maximum atomic E-state index is 10.9. The molecule has 84 valence electrons. The van der Waals surface area contributed by atoms with Crippen LogP contribution in [-0.2, 0) is 4.79 Å². The summed E-state index contributed by atoms with van der Waals surface area (Å²) in [5.74, 6) is -0.0235. The number of hydrogen-bond acceptors (Lipinski definition) is 1. The van der Waals surface area contributed by atoms with E-state index in [1.807, 2.05) is 12.1 Å². The van der Waals surface area contributed by atoms with E-state index in [9.17, 15) is 4.79 Å². The van der Waals surface area contributed by atoms with Crippen LogP contribution in [0.4, 0.5) is 5.69 Å². The summed E-state index contributed by atoms with van der Waals surface area (Å²) in [5, 5.41) is 2.78. The lowest BCUT2D eigenvalue weighted by molar-refractivity contribution is -0.114. The maximum Gasteiger partial charge on any atom is 0.221 e. The minimum atomic E-state index is -0.0235. The monoisotopic (exact) mass is 215 g/mol. The van der Waals surface area contributed by atoms with Crippen molar-refractivity contribution in [1.29, 1.82) is 0 Å². The van der Waals surface area contributed by atoms with Crippen LogP contribution in [0.2, 0.25) is 0 Å². The summed E-state index contributed by atoms with van der Waals surface area (Å²) in [6.45, 7) is 1.53. The zero-order chi connectivity index (χ0) is 11.4. The molecule has 0 spiro atoms. The number of carbonyl (C=O) groups is 1. The maximum absolute atomic E-state index is 10.9. The predicted octanol–water partition coefficient (Wildman–Crippen LogP) is 3.60. The molecule has 0 radical (unpaired) electrons. The van der Waals surface area contributed by atoms with Crippen LogP contribution in [0.25, 0.3) is 5.57 Å². The normalized spacial score (nSPS) is 15.4. The number of benzene rings is 1. The van der Waals surface area contributed by atoms with Gasteiger partial charge in [-0.15, -0.1) is 0 Å². The zero-order valence-corrected chi connectivity index (χ0v) is 9.62. The van der Waals surface area contributed by atoms with Crippen molar-refractivity contribution in [1.82, 2.24) is 0 Å². The fourth-order valence-electron chi connectivity index (χ4n) is 2.07. The van der Waals surface area contributed by atoms with Gasteiger partial charge in [0.05, 0.1) is 0 Å². The molecule has 1 aliphatic carbocycles. The van der Waals surface area contributed by atoms with E-state index in [2.05, 4.69) is 23.5 Å². The van der Waals surface area contributed by atoms with Crippen LogP contribution in [0.15, 0.2) is 30.3 Å². The first-order valence-corrected chi connectivity index (χ1v) is 5.83. The Balaban J connectivity index is 2.12. The van der Waals surface area contributed by atoms with Gasteiger partial charge in [-0.25, -0.2) is 0 Å². The van der Waals surface area contributed by atoms with Crippen LogP contribution in [-0.4, -0.2) is 5.91 Å². The van der Waals surface area contributed by atoms with Gasteiger partial charge in [-0.3, -0.25) is 4.79 Å². The minimum Gasteiger partial charge on any atom is -0.326 e. The predicted molar refractivity (Wildman–Crippen MR) is 67.2 cm³/mol. The molecule has 1 aromatic carbocycles. The van der Waals surface area contributed by atoms with Crippen LogP contribution < -0.4 is 5.32 Å². The van der Waals surface area contributed by atoms with Gasteiger partial charge in [-0.2, -0.15) is 0 Å². The van der Waals surface area contributed by atoms with Gasteiger partial charge in [0.1, 0.15) is 0 Å². The molecule has 1 aliphatic rings. The summed E-state index contributed by atoms with van der Waals surface area (Å²) in [5.41, 5.74) is 3.60. The second-order valence-corrected chi connectivity index (χ2v) is 4.23. The van der Waals surface area contributed by atoms with Crippen molar-refractivity contribution in [3.63, 3.8) is 0 Å². The third-order valence-electron chi connectivity index (χ3n) is 2.87. The molecule has 1 amide bonds. The largest absolute Gasteiger partial charge is 0.326 e. The van der Waals surface area contributed by atoms with E-state index >= 15 is 0 Å². The van der Waals surface area contributed by atoms with Crippen molar-refractivity contribution in [3.8, 4) is 0 Å². The topological polar surface area (TPSA) is 29.1 Å². The van der Waals surface area contributed by atoms with E-state index in [-0.39, 0.29) is 5.91 Å². The van der Waals surface area contributed by atoms with E-state index in [0.29, 0.717) is 0 Å². The second-order valence-electron chi connectivity index (χ2n) is 4.23. The zero-order valence-electron chi connectivity index (χ0n) is 9.62. The average molecular weight is 215 g/mol. The number of rotatable bonds is 2. The Labute approximate surface area is 96.4 Å². The molecule has 1 aromatic rings. The number of anilines is 1. The van der Waals surface area contributed by atoms with Crippen molar-refractivity contribution in [2.75, 3.05) is 5.32 Å². The van der Waals surface area contributed by atoms with Crippen molar-refractivity contribution >= 4 is 17.2 Å². The first-order chi connectivity index (χ1) is 7.75. The summed E-state index contributed by atoms with van der Waals surface area (Å²) in [6, 6.07) is 8.10. The fraction of sp³-hybridized carbons (Fsp3) is 0.357. The summed E-state index contributed by atoms with van der Waals surface area (Å²) in [6.07, 6.45) is 7.31. The lowest BCUT2D eigenvalue weighted by Crippen LogP contribution is -2.05. The number of allylic oxidation sites excluding steroid dienone is 2. The molecule has 0 unspecified atom stereocenters. The molecule has 0 atom stereocenters. The molecular weight excluding hydrogens is 198 g/mol. The lowest BCUT2D eigenvalue weighted by atomic mass is 9.94. The Morgan fingerprint density at radius 1 is 1.19 bits per heavy atom. The van der Waals surface area contributed by atoms with Gasteiger partial charge in [-0.05, 0) is 49.0 Å². The van der Waals surface area contributed by atoms with Gasteiger partial charge >= 0.3 is 0 Å². The smallest absolute Gasteiger partial charge is 0.221 e. The van der Waals surface area contributed by atoms with Gasteiger partial charge in [0.15, 0.2) is 0 Å². The highest BCUT2D eigenvalue weighted by Crippen LogP contribution is 2.27. The molecule has 0 aromatic heterocycles. The van der Waals surface area contributed by atoms with E-state index in [0.717, 1.165) is 5.69 Å². The highest BCUT2D eigenvalue weighted by molar-refractivity contribution is 5.88. The molecular formula is C14H17NO. The van der Waals surface area contributed by atoms with Crippen molar-refractivity contribution < 1.29 is 4.79 Å². The summed E-state index contributed by atoms with van der Waals surface area (Å²) in [7, 11) is 0. The first-order valence-electron chi connectivity index (χ1n) is 5.83. The standard InChI is InChI=1S/C14H17NO/c1-11(16)15-14-9-7-13(8-10-14)12-5-3-2-4-6-12/h5,7-10H,2-4,6H2,1H3,(H,15,16). The Morgan fingerprint density at radius 3 is 2.50 bits per heavy atom. The fourth-order valence-corrected chi connectivity index (χ4v) is 2.07. The molecule has 0 aliphatic heterocycles. The summed E-state index contributed by atoms with van der Waals surface area (Å²) >= 11 is 0. The summed E-state index contributed by atoms with van der Waals surface area (Å²) in [4.78, 5) is 10.9. The van der Waals surface area contributed by atoms with Crippen LogP contribution in [0.5, 0.6) is 0 Å². The van der Waals surface area contributed by atoms with Gasteiger partial charge < -0.3 is 5.32 Å². The minimum absolute atomic E-state index is 0.0235. The van der Waals surface area contributed by atoms with E-state index < -0.39 is 0 Å². The van der Waals surface area contributed by atoms with Crippen LogP contribution in [0, 0.1) is 0 Å². The van der Waals surface area contributed by atoms with Gasteiger partial charge in [0.25, 0.3) is 0 Å². The lowest BCUT2D eigenvalue weighted by Gasteiger charge is -2.13. The molecule has 16 heavy (non-hydrogen) atoms. The Kier molecular flexibility index (Phi) is 3.40. The number of nitrogens with one attached hydrogen (secondary N) is 1. The Bertz CT molecular complexity index is 403. The van der Waals surface area contributed by atoms with Crippen LogP contribution in [0.3, 0.4) is 0 Å². The van der Waals surface area contributed by atoms with Gasteiger partial charge in [0.2, 0.25) is 5.91 Å². The Morgan fingerprint density at radius 2 is 1.94 bits per heavy atom. The van der Waals surface area contributed by atoms with E-state index in [1.54, 1.807) is 0 Å². The van der Waals surface area contributed by atoms with Crippen molar-refractivity contribution in [2.24, 2.45) is 0 Å². The third-order valence-corrected chi connectivity index (χ3v) is 2.87. The molecule has 1 N–H and O–H groups in total. The first kappa shape index (κ1) is 10.9. The molecule has 2 heteroatoms. The van der Waals surface area contributed by atoms with Gasteiger partial charge in [-0.1, -0.05) is 18.2 Å². The summed E-state index contributed by atoms with van der Waals surface area (Å²) < 4.78 is 0. The molecule has 0 saturated heterocycles. The molecule has 0 fully saturated rings. The second kappa shape index (κ2) is 4.97. The molecule has 2 nitrogen and oxygen atoms in total. The van der Waals surface area contributed by atoms with Crippen LogP contribution >= 0.6 is 0 Å². The number of hydrogen-bond donors (Lipinski definition) is 1. The highest BCUT2D eigenvalue weighted by Gasteiger charge is 2.05. The molecule has 0 heterocycles. The van der Waals surface area contributed by atoms with Crippen LogP contribution in [0.1, 0.15) is 38.2 Å². The van der Waals surface area contributed by atoms with Crippen molar-refractivity contribution in [2.45, 2.75) is 32.6 Å². The molecule has 0 bridgehead atoms. The number of carbonyl (C=O) groups excluding carboxylic acids is 1. The Hall–Kier alpha value is -1.57. The van der Waals surface area contributed by atoms with Crippen molar-refractivity contribution in [3.05, 3.63) is 35.9 Å². The third kappa shape index (κ3) is 2.72. The highest BCUT2D eigenvalue weighted by atomic mass is 16.1. The molecule has 0 saturated carbocycles. The SMILES string of the molecule is CC(=O)Nc1ccc(C2=CCCCC2)cc1. The molecule has 2 rings (SSSR count). The van der Waals surface area contributed by atoms with E-state index in [4.69, 9.17) is 0 Å². The number of amides is 1. The van der Waals surface area contributed by atoms with Gasteiger partial charge in [0, 0.05) is 12.6 Å².